The Bertz CT molecular complexity index is 341. The highest BCUT2D eigenvalue weighted by Gasteiger charge is 2.11. The van der Waals surface area contributed by atoms with Crippen molar-refractivity contribution in [2.75, 3.05) is 7.11 Å². The van der Waals surface area contributed by atoms with E-state index in [4.69, 9.17) is 0 Å². The van der Waals surface area contributed by atoms with E-state index in [1.807, 2.05) is 32.9 Å². The van der Waals surface area contributed by atoms with Gasteiger partial charge in [-0.1, -0.05) is 17.7 Å². The Kier molecular flexibility index (Phi) is 5.48. The lowest BCUT2D eigenvalue weighted by Gasteiger charge is -2.10. The Morgan fingerprint density at radius 3 is 2.07 bits per heavy atom. The van der Waals surface area contributed by atoms with E-state index in [0.29, 0.717) is 5.56 Å². The van der Waals surface area contributed by atoms with Crippen LogP contribution in [0.1, 0.15) is 27.0 Å². The first kappa shape index (κ1) is 14.1. The summed E-state index contributed by atoms with van der Waals surface area (Å²) in [6.45, 7) is 5.85. The summed E-state index contributed by atoms with van der Waals surface area (Å²) in [5.74, 6) is -0.192. The molecule has 3 nitrogen and oxygen atoms in total. The number of rotatable bonds is 2. The van der Waals surface area contributed by atoms with Crippen LogP contribution in [-0.4, -0.2) is 13.0 Å². The fourth-order valence-corrected chi connectivity index (χ4v) is 1.68. The molecule has 0 fully saturated rings. The molecule has 1 aromatic rings. The van der Waals surface area contributed by atoms with Gasteiger partial charge in [0.25, 0.3) is 5.91 Å². The SMILES string of the molecule is CONC(=O)c1c(C)cc(C)cc1C.P. The molecule has 0 aromatic heterocycles. The highest BCUT2D eigenvalue weighted by atomic mass is 31.0. The van der Waals surface area contributed by atoms with Crippen LogP contribution in [0, 0.1) is 20.8 Å². The normalized spacial score (nSPS) is 9.33. The molecule has 0 aliphatic rings. The maximum Gasteiger partial charge on any atom is 0.275 e. The Morgan fingerprint density at radius 1 is 1.20 bits per heavy atom. The van der Waals surface area contributed by atoms with Gasteiger partial charge < -0.3 is 0 Å². The quantitative estimate of drug-likeness (QED) is 0.619. The van der Waals surface area contributed by atoms with Crippen molar-refractivity contribution in [1.82, 2.24) is 5.48 Å². The van der Waals surface area contributed by atoms with Gasteiger partial charge in [0.1, 0.15) is 0 Å². The van der Waals surface area contributed by atoms with Crippen LogP contribution in [0.15, 0.2) is 12.1 Å². The number of hydrogen-bond donors (Lipinski definition) is 1. The number of hydroxylamine groups is 1. The van der Waals surface area contributed by atoms with Gasteiger partial charge in [-0.25, -0.2) is 5.48 Å². The minimum absolute atomic E-state index is 0. The molecule has 0 radical (unpaired) electrons. The predicted molar refractivity (Wildman–Crippen MR) is 66.2 cm³/mol. The second-order valence-electron chi connectivity index (χ2n) is 3.41. The second-order valence-corrected chi connectivity index (χ2v) is 3.41. The van der Waals surface area contributed by atoms with Crippen molar-refractivity contribution in [2.45, 2.75) is 20.8 Å². The van der Waals surface area contributed by atoms with E-state index in [9.17, 15) is 4.79 Å². The zero-order valence-corrected chi connectivity index (χ0v) is 11.1. The molecule has 1 N–H and O–H groups in total. The van der Waals surface area contributed by atoms with Crippen molar-refractivity contribution >= 4 is 15.8 Å². The number of hydrogen-bond acceptors (Lipinski definition) is 2. The first-order valence-corrected chi connectivity index (χ1v) is 4.47. The first-order valence-electron chi connectivity index (χ1n) is 4.47. The molecular formula is C11H18NO2P. The molecular weight excluding hydrogens is 209 g/mol. The van der Waals surface area contributed by atoms with Crippen molar-refractivity contribution in [3.8, 4) is 0 Å². The number of nitrogens with one attached hydrogen (secondary N) is 1. The van der Waals surface area contributed by atoms with Crippen molar-refractivity contribution < 1.29 is 9.63 Å². The fraction of sp³-hybridized carbons (Fsp3) is 0.364. The lowest BCUT2D eigenvalue weighted by molar-refractivity contribution is 0.0536. The zero-order chi connectivity index (χ0) is 10.7. The van der Waals surface area contributed by atoms with Crippen LogP contribution < -0.4 is 5.48 Å². The van der Waals surface area contributed by atoms with E-state index in [2.05, 4.69) is 10.3 Å². The number of aryl methyl sites for hydroxylation is 3. The molecule has 1 rings (SSSR count). The topological polar surface area (TPSA) is 38.3 Å². The van der Waals surface area contributed by atoms with Gasteiger partial charge in [0.2, 0.25) is 0 Å². The lowest BCUT2D eigenvalue weighted by atomic mass is 9.99. The fourth-order valence-electron chi connectivity index (χ4n) is 1.68. The van der Waals surface area contributed by atoms with Gasteiger partial charge in [0.05, 0.1) is 7.11 Å². The highest BCUT2D eigenvalue weighted by molar-refractivity contribution is 6.92. The van der Waals surface area contributed by atoms with Crippen LogP contribution in [0.5, 0.6) is 0 Å². The van der Waals surface area contributed by atoms with E-state index in [1.165, 1.54) is 7.11 Å². The van der Waals surface area contributed by atoms with Gasteiger partial charge in [-0.15, -0.1) is 0 Å². The van der Waals surface area contributed by atoms with E-state index in [0.717, 1.165) is 16.7 Å². The smallest absolute Gasteiger partial charge is 0.275 e. The molecule has 0 spiro atoms. The summed E-state index contributed by atoms with van der Waals surface area (Å²) in [6, 6.07) is 3.97. The van der Waals surface area contributed by atoms with Crippen molar-refractivity contribution in [3.05, 3.63) is 34.4 Å². The summed E-state index contributed by atoms with van der Waals surface area (Å²) in [5.41, 5.74) is 6.12. The van der Waals surface area contributed by atoms with E-state index < -0.39 is 0 Å². The lowest BCUT2D eigenvalue weighted by Crippen LogP contribution is -2.23. The van der Waals surface area contributed by atoms with Gasteiger partial charge in [0.15, 0.2) is 0 Å². The average molecular weight is 227 g/mol. The van der Waals surface area contributed by atoms with Crippen molar-refractivity contribution in [1.29, 1.82) is 0 Å². The van der Waals surface area contributed by atoms with Gasteiger partial charge in [-0.05, 0) is 31.9 Å². The van der Waals surface area contributed by atoms with Crippen LogP contribution in [0.4, 0.5) is 0 Å². The minimum atomic E-state index is -0.192. The number of carbonyl (C=O) groups excluding carboxylic acids is 1. The molecule has 1 atom stereocenters. The summed E-state index contributed by atoms with van der Waals surface area (Å²) >= 11 is 0. The van der Waals surface area contributed by atoms with Gasteiger partial charge in [0, 0.05) is 5.56 Å². The number of carbonyl (C=O) groups is 1. The van der Waals surface area contributed by atoms with Crippen molar-refractivity contribution in [2.24, 2.45) is 0 Å². The largest absolute Gasteiger partial charge is 0.277 e. The van der Waals surface area contributed by atoms with Crippen LogP contribution in [0.3, 0.4) is 0 Å². The third-order valence-corrected chi connectivity index (χ3v) is 2.10. The monoisotopic (exact) mass is 227 g/mol. The molecule has 84 valence electrons. The molecule has 0 saturated carbocycles. The third kappa shape index (κ3) is 3.29. The van der Waals surface area contributed by atoms with E-state index >= 15 is 0 Å². The van der Waals surface area contributed by atoms with Gasteiger partial charge >= 0.3 is 0 Å². The molecule has 0 aliphatic carbocycles. The molecule has 0 bridgehead atoms. The Labute approximate surface area is 93.8 Å². The Morgan fingerprint density at radius 2 is 1.67 bits per heavy atom. The summed E-state index contributed by atoms with van der Waals surface area (Å²) in [7, 11) is 1.43. The molecule has 0 aliphatic heterocycles. The van der Waals surface area contributed by atoms with E-state index in [1.54, 1.807) is 0 Å². The predicted octanol–water partition coefficient (Wildman–Crippen LogP) is 1.96. The third-order valence-electron chi connectivity index (χ3n) is 2.10. The maximum absolute atomic E-state index is 11.6. The number of amides is 1. The van der Waals surface area contributed by atoms with Gasteiger partial charge in [-0.2, -0.15) is 9.90 Å². The maximum atomic E-state index is 11.6. The summed E-state index contributed by atoms with van der Waals surface area (Å²) in [4.78, 5) is 16.2. The molecule has 0 saturated heterocycles. The summed E-state index contributed by atoms with van der Waals surface area (Å²) in [6.07, 6.45) is 0. The van der Waals surface area contributed by atoms with Crippen LogP contribution >= 0.6 is 9.90 Å². The first-order chi connectivity index (χ1) is 6.56. The molecule has 15 heavy (non-hydrogen) atoms. The molecule has 4 heteroatoms. The minimum Gasteiger partial charge on any atom is -0.277 e. The summed E-state index contributed by atoms with van der Waals surface area (Å²) < 4.78 is 0. The Hall–Kier alpha value is -0.920. The summed E-state index contributed by atoms with van der Waals surface area (Å²) in [5, 5.41) is 0. The van der Waals surface area contributed by atoms with E-state index in [-0.39, 0.29) is 15.8 Å². The van der Waals surface area contributed by atoms with Crippen LogP contribution in [0.2, 0.25) is 0 Å². The van der Waals surface area contributed by atoms with Crippen LogP contribution in [0.25, 0.3) is 0 Å². The average Bonchev–Trinajstić information content (AvgIpc) is 2.01. The second kappa shape index (κ2) is 5.84. The molecule has 1 amide bonds. The highest BCUT2D eigenvalue weighted by Crippen LogP contribution is 2.15. The molecule has 0 heterocycles. The van der Waals surface area contributed by atoms with Crippen molar-refractivity contribution in [3.63, 3.8) is 0 Å². The molecule has 1 aromatic carbocycles. The molecule has 1 unspecified atom stereocenters. The van der Waals surface area contributed by atoms with Gasteiger partial charge in [-0.3, -0.25) is 9.63 Å². The zero-order valence-electron chi connectivity index (χ0n) is 9.68. The Balaban J connectivity index is 0.00000196. The van der Waals surface area contributed by atoms with Crippen LogP contribution in [-0.2, 0) is 4.84 Å². The standard InChI is InChI=1S/C11H15NO2.H3P/c1-7-5-8(2)10(9(3)6-7)11(13)12-14-4;/h5-6H,1-4H3,(H,12,13);1H3. The number of benzene rings is 1.